The van der Waals surface area contributed by atoms with Gasteiger partial charge in [0, 0.05) is 25.9 Å². The van der Waals surface area contributed by atoms with Gasteiger partial charge in [0.25, 0.3) is 0 Å². The van der Waals surface area contributed by atoms with Crippen LogP contribution in [0.2, 0.25) is 0 Å². The van der Waals surface area contributed by atoms with Crippen LogP contribution in [0.4, 0.5) is 5.69 Å². The quantitative estimate of drug-likeness (QED) is 0.755. The highest BCUT2D eigenvalue weighted by molar-refractivity contribution is 5.68. The van der Waals surface area contributed by atoms with Crippen LogP contribution in [0.15, 0.2) is 41.8 Å². The summed E-state index contributed by atoms with van der Waals surface area (Å²) in [4.78, 5) is 8.61. The van der Waals surface area contributed by atoms with Crippen LogP contribution in [0.1, 0.15) is 5.69 Å². The summed E-state index contributed by atoms with van der Waals surface area (Å²) in [6.07, 6.45) is 6.33. The molecule has 0 amide bonds. The van der Waals surface area contributed by atoms with E-state index >= 15 is 0 Å². The smallest absolute Gasteiger partial charge is 0.144 e. The molecule has 1 heterocycles. The van der Waals surface area contributed by atoms with Gasteiger partial charge in [-0.15, -0.1) is 0 Å². The van der Waals surface area contributed by atoms with E-state index < -0.39 is 0 Å². The molecule has 1 aromatic carbocycles. The van der Waals surface area contributed by atoms with E-state index in [0.717, 1.165) is 23.6 Å². The molecule has 4 heteroatoms. The van der Waals surface area contributed by atoms with Crippen molar-refractivity contribution in [2.75, 3.05) is 7.11 Å². The zero-order chi connectivity index (χ0) is 12.1. The Balaban J connectivity index is 2.05. The highest BCUT2D eigenvalue weighted by Crippen LogP contribution is 2.25. The van der Waals surface area contributed by atoms with Crippen LogP contribution in [0.3, 0.4) is 0 Å². The van der Waals surface area contributed by atoms with E-state index in [-0.39, 0.29) is 0 Å². The first-order chi connectivity index (χ1) is 8.29. The minimum atomic E-state index is 0.721. The molecule has 88 valence electrons. The van der Waals surface area contributed by atoms with Crippen molar-refractivity contribution in [2.45, 2.75) is 6.42 Å². The summed E-state index contributed by atoms with van der Waals surface area (Å²) in [5, 5.41) is 0. The SMILES string of the molecule is COc1ccccc1N=CCc1cn(C)cn1. The van der Waals surface area contributed by atoms with E-state index in [2.05, 4.69) is 9.98 Å². The van der Waals surface area contributed by atoms with Crippen LogP contribution in [0.5, 0.6) is 5.75 Å². The number of methoxy groups -OCH3 is 1. The van der Waals surface area contributed by atoms with Gasteiger partial charge in [-0.25, -0.2) is 4.98 Å². The molecule has 0 atom stereocenters. The van der Waals surface area contributed by atoms with Gasteiger partial charge in [-0.3, -0.25) is 4.99 Å². The summed E-state index contributed by atoms with van der Waals surface area (Å²) in [6, 6.07) is 7.69. The molecule has 0 unspecified atom stereocenters. The van der Waals surface area contributed by atoms with Crippen molar-refractivity contribution in [2.24, 2.45) is 12.0 Å². The zero-order valence-corrected chi connectivity index (χ0v) is 10.00. The lowest BCUT2D eigenvalue weighted by Crippen LogP contribution is -1.87. The van der Waals surface area contributed by atoms with E-state index in [1.807, 2.05) is 48.3 Å². The Morgan fingerprint density at radius 3 is 2.94 bits per heavy atom. The van der Waals surface area contributed by atoms with Crippen molar-refractivity contribution in [3.8, 4) is 5.75 Å². The van der Waals surface area contributed by atoms with Gasteiger partial charge >= 0.3 is 0 Å². The largest absolute Gasteiger partial charge is 0.494 e. The molecule has 0 saturated carbocycles. The van der Waals surface area contributed by atoms with Gasteiger partial charge in [-0.1, -0.05) is 12.1 Å². The first kappa shape index (κ1) is 11.4. The van der Waals surface area contributed by atoms with Gasteiger partial charge in [0.15, 0.2) is 0 Å². The van der Waals surface area contributed by atoms with Crippen LogP contribution in [-0.2, 0) is 13.5 Å². The monoisotopic (exact) mass is 229 g/mol. The fraction of sp³-hybridized carbons (Fsp3) is 0.231. The second kappa shape index (κ2) is 5.30. The molecule has 0 fully saturated rings. The molecular formula is C13H15N3O. The van der Waals surface area contributed by atoms with Crippen molar-refractivity contribution in [1.29, 1.82) is 0 Å². The highest BCUT2D eigenvalue weighted by Gasteiger charge is 1.98. The molecule has 1 aromatic heterocycles. The third-order valence-electron chi connectivity index (χ3n) is 2.37. The first-order valence-corrected chi connectivity index (χ1v) is 5.42. The van der Waals surface area contributed by atoms with Crippen molar-refractivity contribution in [3.63, 3.8) is 0 Å². The standard InChI is InChI=1S/C13H15N3O/c1-16-9-11(15-10-16)7-8-14-12-5-3-4-6-13(12)17-2/h3-6,8-10H,7H2,1-2H3. The Bertz CT molecular complexity index is 517. The minimum absolute atomic E-state index is 0.721. The zero-order valence-electron chi connectivity index (χ0n) is 10.00. The van der Waals surface area contributed by atoms with Crippen LogP contribution in [0, 0.1) is 0 Å². The molecule has 0 aliphatic heterocycles. The molecule has 0 spiro atoms. The normalized spacial score (nSPS) is 10.9. The second-order valence-corrected chi connectivity index (χ2v) is 3.72. The van der Waals surface area contributed by atoms with Crippen LogP contribution < -0.4 is 4.74 Å². The Kier molecular flexibility index (Phi) is 3.55. The second-order valence-electron chi connectivity index (χ2n) is 3.72. The van der Waals surface area contributed by atoms with Crippen molar-refractivity contribution < 1.29 is 4.74 Å². The average molecular weight is 229 g/mol. The number of aryl methyl sites for hydroxylation is 1. The molecule has 2 rings (SSSR count). The molecule has 0 radical (unpaired) electrons. The summed E-state index contributed by atoms with van der Waals surface area (Å²) < 4.78 is 7.14. The molecule has 0 saturated heterocycles. The topological polar surface area (TPSA) is 39.4 Å². The summed E-state index contributed by atoms with van der Waals surface area (Å²) in [7, 11) is 3.60. The number of imidazole rings is 1. The van der Waals surface area contributed by atoms with E-state index in [9.17, 15) is 0 Å². The minimum Gasteiger partial charge on any atom is -0.494 e. The Hall–Kier alpha value is -2.10. The highest BCUT2D eigenvalue weighted by atomic mass is 16.5. The van der Waals surface area contributed by atoms with Gasteiger partial charge in [0.05, 0.1) is 19.1 Å². The number of para-hydroxylation sites is 2. The van der Waals surface area contributed by atoms with Crippen LogP contribution in [0.25, 0.3) is 0 Å². The molecular weight excluding hydrogens is 214 g/mol. The van der Waals surface area contributed by atoms with Gasteiger partial charge in [0.2, 0.25) is 0 Å². The Morgan fingerprint density at radius 1 is 1.41 bits per heavy atom. The van der Waals surface area contributed by atoms with Crippen molar-refractivity contribution >= 4 is 11.9 Å². The Morgan fingerprint density at radius 2 is 2.24 bits per heavy atom. The summed E-state index contributed by atoms with van der Waals surface area (Å²) in [5.41, 5.74) is 1.84. The third kappa shape index (κ3) is 2.93. The number of aromatic nitrogens is 2. The molecule has 4 nitrogen and oxygen atoms in total. The summed E-state index contributed by atoms with van der Waals surface area (Å²) in [6.45, 7) is 0. The van der Waals surface area contributed by atoms with E-state index in [1.54, 1.807) is 13.4 Å². The maximum absolute atomic E-state index is 5.22. The number of ether oxygens (including phenoxy) is 1. The van der Waals surface area contributed by atoms with Crippen molar-refractivity contribution in [1.82, 2.24) is 9.55 Å². The van der Waals surface area contributed by atoms with Gasteiger partial charge in [0.1, 0.15) is 11.4 Å². The lowest BCUT2D eigenvalue weighted by Gasteiger charge is -2.02. The molecule has 0 aliphatic rings. The average Bonchev–Trinajstić information content (AvgIpc) is 2.76. The number of hydrogen-bond acceptors (Lipinski definition) is 3. The molecule has 0 N–H and O–H groups in total. The van der Waals surface area contributed by atoms with Crippen LogP contribution >= 0.6 is 0 Å². The van der Waals surface area contributed by atoms with Crippen molar-refractivity contribution in [3.05, 3.63) is 42.5 Å². The first-order valence-electron chi connectivity index (χ1n) is 5.42. The molecule has 0 bridgehead atoms. The van der Waals surface area contributed by atoms with Gasteiger partial charge in [-0.2, -0.15) is 0 Å². The third-order valence-corrected chi connectivity index (χ3v) is 2.37. The summed E-state index contributed by atoms with van der Waals surface area (Å²) in [5.74, 6) is 0.782. The maximum atomic E-state index is 5.22. The predicted molar refractivity (Wildman–Crippen MR) is 68.1 cm³/mol. The number of nitrogens with zero attached hydrogens (tertiary/aromatic N) is 3. The number of benzene rings is 1. The molecule has 17 heavy (non-hydrogen) atoms. The van der Waals surface area contributed by atoms with Crippen LogP contribution in [-0.4, -0.2) is 22.9 Å². The molecule has 2 aromatic rings. The Labute approximate surface area is 101 Å². The maximum Gasteiger partial charge on any atom is 0.144 e. The van der Waals surface area contributed by atoms with E-state index in [4.69, 9.17) is 4.74 Å². The fourth-order valence-electron chi connectivity index (χ4n) is 1.55. The predicted octanol–water partition coefficient (Wildman–Crippen LogP) is 2.37. The number of rotatable bonds is 4. The molecule has 0 aliphatic carbocycles. The van der Waals surface area contributed by atoms with E-state index in [1.165, 1.54) is 0 Å². The lowest BCUT2D eigenvalue weighted by molar-refractivity contribution is 0.416. The lowest BCUT2D eigenvalue weighted by atomic mass is 10.3. The summed E-state index contributed by atoms with van der Waals surface area (Å²) >= 11 is 0. The van der Waals surface area contributed by atoms with Gasteiger partial charge in [-0.05, 0) is 12.1 Å². The fourth-order valence-corrected chi connectivity index (χ4v) is 1.55. The van der Waals surface area contributed by atoms with Gasteiger partial charge < -0.3 is 9.30 Å². The number of hydrogen-bond donors (Lipinski definition) is 0. The number of aliphatic imine (C=N–C) groups is 1. The van der Waals surface area contributed by atoms with E-state index in [0.29, 0.717) is 0 Å².